The number of rotatable bonds is 2. The van der Waals surface area contributed by atoms with Gasteiger partial charge >= 0.3 is 0 Å². The van der Waals surface area contributed by atoms with Crippen molar-refractivity contribution >= 4 is 22.6 Å². The molecule has 106 valence electrons. The van der Waals surface area contributed by atoms with Crippen LogP contribution in [0.1, 0.15) is 11.4 Å². The van der Waals surface area contributed by atoms with E-state index < -0.39 is 0 Å². The number of ether oxygens (including phenoxy) is 2. The first-order chi connectivity index (χ1) is 10.3. The van der Waals surface area contributed by atoms with Crippen molar-refractivity contribution in [2.45, 2.75) is 12.8 Å². The molecule has 1 aliphatic heterocycles. The Labute approximate surface area is 126 Å². The van der Waals surface area contributed by atoms with Crippen LogP contribution in [0.4, 0.5) is 0 Å². The normalized spacial score (nSPS) is 13.0. The Balaban J connectivity index is 1.99. The fourth-order valence-corrected chi connectivity index (χ4v) is 2.87. The summed E-state index contributed by atoms with van der Waals surface area (Å²) in [4.78, 5) is 4.66. The summed E-state index contributed by atoms with van der Waals surface area (Å²) in [7, 11) is 0. The average Bonchev–Trinajstić information content (AvgIpc) is 3.10. The molecule has 0 spiro atoms. The molecule has 21 heavy (non-hydrogen) atoms. The Bertz CT molecular complexity index is 842. The number of nitrogens with zero attached hydrogens (tertiary/aromatic N) is 2. The zero-order chi connectivity index (χ0) is 14.4. The first-order valence-electron chi connectivity index (χ1n) is 6.71. The van der Waals surface area contributed by atoms with Gasteiger partial charge in [0.1, 0.15) is 5.82 Å². The lowest BCUT2D eigenvalue weighted by atomic mass is 10.2. The number of hydrogen-bond donors (Lipinski definition) is 0. The van der Waals surface area contributed by atoms with Gasteiger partial charge in [-0.05, 0) is 30.7 Å². The molecule has 4 nitrogen and oxygen atoms in total. The zero-order valence-electron chi connectivity index (χ0n) is 11.5. The first-order valence-corrected chi connectivity index (χ1v) is 7.24. The molecule has 0 atom stereocenters. The van der Waals surface area contributed by atoms with E-state index in [2.05, 4.69) is 28.6 Å². The van der Waals surface area contributed by atoms with Gasteiger partial charge in [0.15, 0.2) is 11.5 Å². The molecule has 5 heteroatoms. The minimum absolute atomic E-state index is 0.269. The molecule has 0 bridgehead atoms. The second-order valence-electron chi connectivity index (χ2n) is 4.98. The number of fused-ring (bicyclic) bond motifs is 2. The number of aromatic nitrogens is 2. The first kappa shape index (κ1) is 12.5. The standard InChI is InChI=1S/C16H13ClN2O2/c1-10-3-2-4-12-16(10)18-15(8-17)19(12)11-5-6-13-14(7-11)21-9-20-13/h2-7H,8-9H2,1H3. The van der Waals surface area contributed by atoms with Crippen LogP contribution in [0.3, 0.4) is 0 Å². The third-order valence-electron chi connectivity index (χ3n) is 3.69. The Morgan fingerprint density at radius 3 is 2.90 bits per heavy atom. The van der Waals surface area contributed by atoms with Gasteiger partial charge in [0.2, 0.25) is 6.79 Å². The van der Waals surface area contributed by atoms with Crippen LogP contribution in [0.25, 0.3) is 16.7 Å². The second-order valence-corrected chi connectivity index (χ2v) is 5.24. The molecule has 4 rings (SSSR count). The topological polar surface area (TPSA) is 36.3 Å². The van der Waals surface area contributed by atoms with E-state index in [9.17, 15) is 0 Å². The molecule has 1 aromatic heterocycles. The van der Waals surface area contributed by atoms with Crippen LogP contribution in [0, 0.1) is 6.92 Å². The van der Waals surface area contributed by atoms with Gasteiger partial charge in [0, 0.05) is 6.07 Å². The van der Waals surface area contributed by atoms with Crippen LogP contribution >= 0.6 is 11.6 Å². The molecule has 2 heterocycles. The number of aryl methyl sites for hydroxylation is 1. The lowest BCUT2D eigenvalue weighted by Gasteiger charge is -2.08. The molecule has 0 fully saturated rings. The minimum Gasteiger partial charge on any atom is -0.454 e. The molecule has 1 aliphatic rings. The van der Waals surface area contributed by atoms with Crippen molar-refractivity contribution < 1.29 is 9.47 Å². The molecule has 3 aromatic rings. The highest BCUT2D eigenvalue weighted by Gasteiger charge is 2.17. The van der Waals surface area contributed by atoms with Crippen molar-refractivity contribution in [3.63, 3.8) is 0 Å². The van der Waals surface area contributed by atoms with Crippen molar-refractivity contribution in [1.29, 1.82) is 0 Å². The molecular formula is C16H13ClN2O2. The third-order valence-corrected chi connectivity index (χ3v) is 3.93. The van der Waals surface area contributed by atoms with Gasteiger partial charge in [0.05, 0.1) is 22.6 Å². The molecule has 2 aromatic carbocycles. The van der Waals surface area contributed by atoms with E-state index in [-0.39, 0.29) is 6.79 Å². The molecule has 0 aliphatic carbocycles. The predicted molar refractivity (Wildman–Crippen MR) is 81.5 cm³/mol. The zero-order valence-corrected chi connectivity index (χ0v) is 12.2. The third kappa shape index (κ3) is 1.87. The highest BCUT2D eigenvalue weighted by Crippen LogP contribution is 2.35. The maximum atomic E-state index is 6.08. The molecule has 0 amide bonds. The molecule has 0 saturated heterocycles. The van der Waals surface area contributed by atoms with Crippen LogP contribution < -0.4 is 9.47 Å². The van der Waals surface area contributed by atoms with Gasteiger partial charge in [-0.15, -0.1) is 11.6 Å². The fourth-order valence-electron chi connectivity index (χ4n) is 2.69. The summed E-state index contributed by atoms with van der Waals surface area (Å²) < 4.78 is 12.9. The van der Waals surface area contributed by atoms with Crippen LogP contribution in [0.2, 0.25) is 0 Å². The summed E-state index contributed by atoms with van der Waals surface area (Å²) in [6.07, 6.45) is 0. The van der Waals surface area contributed by atoms with Crippen molar-refractivity contribution in [1.82, 2.24) is 9.55 Å². The molecule has 0 radical (unpaired) electrons. The van der Waals surface area contributed by atoms with E-state index in [0.29, 0.717) is 5.88 Å². The number of hydrogen-bond acceptors (Lipinski definition) is 3. The van der Waals surface area contributed by atoms with Gasteiger partial charge in [0.25, 0.3) is 0 Å². The van der Waals surface area contributed by atoms with Gasteiger partial charge in [-0.3, -0.25) is 4.57 Å². The van der Waals surface area contributed by atoms with Gasteiger partial charge < -0.3 is 9.47 Å². The molecule has 0 N–H and O–H groups in total. The summed E-state index contributed by atoms with van der Waals surface area (Å²) in [5, 5.41) is 0. The number of imidazole rings is 1. The predicted octanol–water partition coefficient (Wildman–Crippen LogP) is 3.80. The Kier molecular flexibility index (Phi) is 2.79. The Morgan fingerprint density at radius 2 is 2.05 bits per heavy atom. The van der Waals surface area contributed by atoms with E-state index in [1.165, 1.54) is 0 Å². The lowest BCUT2D eigenvalue weighted by molar-refractivity contribution is 0.174. The van der Waals surface area contributed by atoms with E-state index in [4.69, 9.17) is 21.1 Å². The summed E-state index contributed by atoms with van der Waals surface area (Å²) in [6.45, 7) is 2.32. The van der Waals surface area contributed by atoms with E-state index >= 15 is 0 Å². The Hall–Kier alpha value is -2.20. The van der Waals surface area contributed by atoms with E-state index in [1.54, 1.807) is 0 Å². The molecule has 0 saturated carbocycles. The summed E-state index contributed by atoms with van der Waals surface area (Å²) >= 11 is 6.08. The monoisotopic (exact) mass is 300 g/mol. The van der Waals surface area contributed by atoms with Crippen LogP contribution in [0.15, 0.2) is 36.4 Å². The number of alkyl halides is 1. The van der Waals surface area contributed by atoms with Crippen LogP contribution in [-0.2, 0) is 5.88 Å². The molecular weight excluding hydrogens is 288 g/mol. The summed E-state index contributed by atoms with van der Waals surface area (Å²) in [5.74, 6) is 2.69. The summed E-state index contributed by atoms with van der Waals surface area (Å²) in [6, 6.07) is 12.0. The smallest absolute Gasteiger partial charge is 0.231 e. The largest absolute Gasteiger partial charge is 0.454 e. The van der Waals surface area contributed by atoms with E-state index in [1.807, 2.05) is 24.3 Å². The highest BCUT2D eigenvalue weighted by atomic mass is 35.5. The van der Waals surface area contributed by atoms with Crippen molar-refractivity contribution in [3.8, 4) is 17.2 Å². The SMILES string of the molecule is Cc1cccc2c1nc(CCl)n2-c1ccc2c(c1)OCO2. The van der Waals surface area contributed by atoms with Gasteiger partial charge in [-0.1, -0.05) is 12.1 Å². The quantitative estimate of drug-likeness (QED) is 0.675. The summed E-state index contributed by atoms with van der Waals surface area (Å²) in [5.41, 5.74) is 4.14. The maximum absolute atomic E-state index is 6.08. The van der Waals surface area contributed by atoms with Crippen molar-refractivity contribution in [2.24, 2.45) is 0 Å². The second kappa shape index (κ2) is 4.67. The number of benzene rings is 2. The van der Waals surface area contributed by atoms with Gasteiger partial charge in [-0.25, -0.2) is 4.98 Å². The lowest BCUT2D eigenvalue weighted by Crippen LogP contribution is -1.99. The van der Waals surface area contributed by atoms with Crippen molar-refractivity contribution in [2.75, 3.05) is 6.79 Å². The number of para-hydroxylation sites is 1. The maximum Gasteiger partial charge on any atom is 0.231 e. The average molecular weight is 301 g/mol. The number of halogens is 1. The Morgan fingerprint density at radius 1 is 1.19 bits per heavy atom. The fraction of sp³-hybridized carbons (Fsp3) is 0.188. The minimum atomic E-state index is 0.269. The highest BCUT2D eigenvalue weighted by molar-refractivity contribution is 6.17. The van der Waals surface area contributed by atoms with E-state index in [0.717, 1.165) is 39.6 Å². The van der Waals surface area contributed by atoms with Crippen LogP contribution in [0.5, 0.6) is 11.5 Å². The van der Waals surface area contributed by atoms with Gasteiger partial charge in [-0.2, -0.15) is 0 Å². The van der Waals surface area contributed by atoms with Crippen molar-refractivity contribution in [3.05, 3.63) is 47.8 Å². The van der Waals surface area contributed by atoms with Crippen LogP contribution in [-0.4, -0.2) is 16.3 Å². The molecule has 0 unspecified atom stereocenters.